The summed E-state index contributed by atoms with van der Waals surface area (Å²) in [5.74, 6) is 0.228. The highest BCUT2D eigenvalue weighted by atomic mass is 16.5. The zero-order valence-electron chi connectivity index (χ0n) is 16.3. The van der Waals surface area contributed by atoms with Gasteiger partial charge in [0.15, 0.2) is 5.69 Å². The number of nitrogens with zero attached hydrogens (tertiary/aromatic N) is 2. The first kappa shape index (κ1) is 17.3. The Labute approximate surface area is 168 Å². The number of rotatable bonds is 2. The standard InChI is InChI=1S/C25H20N2O2/c1-16-11-13-18(14-12-16)24-17(2)26(28)25(27(24)29)23-21-9-5-3-7-19(21)15-20-8-4-6-10-22(20)23/h3-15,29H,1-2H3. The van der Waals surface area contributed by atoms with Crippen molar-refractivity contribution in [3.63, 3.8) is 0 Å². The number of aromatic nitrogens is 2. The van der Waals surface area contributed by atoms with Gasteiger partial charge in [-0.2, -0.15) is 0 Å². The lowest BCUT2D eigenvalue weighted by molar-refractivity contribution is -0.600. The Bertz CT molecular complexity index is 1330. The van der Waals surface area contributed by atoms with E-state index >= 15 is 0 Å². The Hall–Kier alpha value is -3.79. The molecule has 1 heterocycles. The fourth-order valence-corrected chi connectivity index (χ4v) is 4.10. The van der Waals surface area contributed by atoms with Crippen molar-refractivity contribution in [2.75, 3.05) is 0 Å². The highest BCUT2D eigenvalue weighted by Crippen LogP contribution is 2.37. The quantitative estimate of drug-likeness (QED) is 0.187. The van der Waals surface area contributed by atoms with Crippen molar-refractivity contribution in [3.8, 4) is 22.6 Å². The number of aryl methyl sites for hydroxylation is 1. The molecule has 1 N–H and O–H groups in total. The van der Waals surface area contributed by atoms with Gasteiger partial charge in [0.05, 0.1) is 5.56 Å². The number of fused-ring (bicyclic) bond motifs is 2. The minimum atomic E-state index is 0.228. The number of benzene rings is 4. The van der Waals surface area contributed by atoms with Crippen LogP contribution in [0, 0.1) is 19.1 Å². The molecule has 0 spiro atoms. The summed E-state index contributed by atoms with van der Waals surface area (Å²) in [4.78, 5) is 0. The molecule has 0 aliphatic heterocycles. The van der Waals surface area contributed by atoms with E-state index in [-0.39, 0.29) is 5.82 Å². The van der Waals surface area contributed by atoms with E-state index < -0.39 is 0 Å². The van der Waals surface area contributed by atoms with Crippen LogP contribution in [0.15, 0.2) is 78.9 Å². The summed E-state index contributed by atoms with van der Waals surface area (Å²) in [6.45, 7) is 3.75. The second-order valence-electron chi connectivity index (χ2n) is 7.42. The van der Waals surface area contributed by atoms with Gasteiger partial charge in [-0.25, -0.2) is 4.73 Å². The summed E-state index contributed by atoms with van der Waals surface area (Å²) in [5.41, 5.74) is 3.63. The molecule has 4 aromatic carbocycles. The fraction of sp³-hybridized carbons (Fsp3) is 0.0800. The second-order valence-corrected chi connectivity index (χ2v) is 7.42. The number of hydrogen-bond donors (Lipinski definition) is 1. The molecule has 0 aliphatic rings. The number of imidazole rings is 1. The summed E-state index contributed by atoms with van der Waals surface area (Å²) in [5, 5.41) is 28.4. The van der Waals surface area contributed by atoms with E-state index in [0.717, 1.165) is 47.7 Å². The van der Waals surface area contributed by atoms with Crippen LogP contribution in [-0.2, 0) is 0 Å². The second kappa shape index (κ2) is 6.38. The van der Waals surface area contributed by atoms with Crippen molar-refractivity contribution < 1.29 is 9.94 Å². The maximum Gasteiger partial charge on any atom is 0.333 e. The molecule has 0 unspecified atom stereocenters. The highest BCUT2D eigenvalue weighted by molar-refractivity contribution is 6.11. The monoisotopic (exact) mass is 380 g/mol. The normalized spacial score (nSPS) is 11.4. The minimum Gasteiger partial charge on any atom is -0.710 e. The molecule has 142 valence electrons. The van der Waals surface area contributed by atoms with Crippen molar-refractivity contribution in [2.45, 2.75) is 13.8 Å². The Morgan fingerprint density at radius 3 is 1.93 bits per heavy atom. The number of hydrogen-bond acceptors (Lipinski definition) is 2. The Morgan fingerprint density at radius 1 is 0.793 bits per heavy atom. The third-order valence-electron chi connectivity index (χ3n) is 5.57. The van der Waals surface area contributed by atoms with E-state index in [1.807, 2.05) is 79.7 Å². The molecule has 0 fully saturated rings. The SMILES string of the molecule is Cc1ccc(-c2c(C)[n+]([O-])c(-c3c4ccccc4cc4ccccc34)n2O)cc1. The zero-order valence-corrected chi connectivity index (χ0v) is 16.3. The molecule has 5 rings (SSSR count). The van der Waals surface area contributed by atoms with Gasteiger partial charge in [-0.05, 0) is 39.3 Å². The van der Waals surface area contributed by atoms with Gasteiger partial charge in [0, 0.05) is 12.5 Å². The molecule has 0 saturated heterocycles. The topological polar surface area (TPSA) is 52.1 Å². The van der Waals surface area contributed by atoms with Crippen LogP contribution in [0.25, 0.3) is 44.2 Å². The maximum atomic E-state index is 13.3. The third kappa shape index (κ3) is 2.57. The van der Waals surface area contributed by atoms with Crippen molar-refractivity contribution in [1.29, 1.82) is 0 Å². The van der Waals surface area contributed by atoms with Crippen molar-refractivity contribution in [3.05, 3.63) is 95.3 Å². The van der Waals surface area contributed by atoms with Gasteiger partial charge in [-0.1, -0.05) is 78.4 Å². The first-order valence-corrected chi connectivity index (χ1v) is 9.58. The van der Waals surface area contributed by atoms with Gasteiger partial charge in [0.1, 0.15) is 0 Å². The van der Waals surface area contributed by atoms with Crippen molar-refractivity contribution >= 4 is 21.5 Å². The van der Waals surface area contributed by atoms with Crippen LogP contribution < -0.4 is 4.73 Å². The van der Waals surface area contributed by atoms with Crippen LogP contribution in [0.1, 0.15) is 11.3 Å². The van der Waals surface area contributed by atoms with E-state index in [9.17, 15) is 10.4 Å². The summed E-state index contributed by atoms with van der Waals surface area (Å²) < 4.78 is 1.88. The molecular weight excluding hydrogens is 360 g/mol. The van der Waals surface area contributed by atoms with Gasteiger partial charge < -0.3 is 10.4 Å². The molecule has 4 heteroatoms. The molecule has 5 aromatic rings. The summed E-state index contributed by atoms with van der Waals surface area (Å²) >= 11 is 0. The van der Waals surface area contributed by atoms with E-state index in [4.69, 9.17) is 0 Å². The predicted molar refractivity (Wildman–Crippen MR) is 116 cm³/mol. The fourth-order valence-electron chi connectivity index (χ4n) is 4.10. The molecular formula is C25H20N2O2. The van der Waals surface area contributed by atoms with E-state index in [2.05, 4.69) is 6.07 Å². The molecule has 0 saturated carbocycles. The zero-order chi connectivity index (χ0) is 20.1. The van der Waals surface area contributed by atoms with Crippen LogP contribution in [0.2, 0.25) is 0 Å². The smallest absolute Gasteiger partial charge is 0.333 e. The first-order chi connectivity index (χ1) is 14.1. The van der Waals surface area contributed by atoms with Gasteiger partial charge in [0.25, 0.3) is 0 Å². The van der Waals surface area contributed by atoms with Crippen LogP contribution in [0.3, 0.4) is 0 Å². The van der Waals surface area contributed by atoms with Gasteiger partial charge in [-0.15, -0.1) is 0 Å². The Balaban J connectivity index is 1.91. The average molecular weight is 380 g/mol. The first-order valence-electron chi connectivity index (χ1n) is 9.58. The van der Waals surface area contributed by atoms with E-state index in [1.54, 1.807) is 6.92 Å². The van der Waals surface area contributed by atoms with Gasteiger partial charge >= 0.3 is 5.82 Å². The molecule has 0 radical (unpaired) electrons. The van der Waals surface area contributed by atoms with Gasteiger partial charge in [-0.3, -0.25) is 0 Å². The maximum absolute atomic E-state index is 13.3. The third-order valence-corrected chi connectivity index (χ3v) is 5.57. The van der Waals surface area contributed by atoms with E-state index in [0.29, 0.717) is 11.4 Å². The largest absolute Gasteiger partial charge is 0.710 e. The van der Waals surface area contributed by atoms with Crippen LogP contribution >= 0.6 is 0 Å². The summed E-state index contributed by atoms with van der Waals surface area (Å²) in [6, 6.07) is 25.8. The Kier molecular flexibility index (Phi) is 3.81. The lowest BCUT2D eigenvalue weighted by atomic mass is 9.96. The highest BCUT2D eigenvalue weighted by Gasteiger charge is 2.30. The predicted octanol–water partition coefficient (Wildman–Crippen LogP) is 5.62. The van der Waals surface area contributed by atoms with Crippen LogP contribution in [-0.4, -0.2) is 9.94 Å². The Morgan fingerprint density at radius 2 is 1.34 bits per heavy atom. The lowest BCUT2D eigenvalue weighted by Gasteiger charge is -2.11. The summed E-state index contributed by atoms with van der Waals surface area (Å²) in [7, 11) is 0. The van der Waals surface area contributed by atoms with Crippen molar-refractivity contribution in [1.82, 2.24) is 4.73 Å². The lowest BCUT2D eigenvalue weighted by Crippen LogP contribution is -2.30. The van der Waals surface area contributed by atoms with Gasteiger partial charge in [0.2, 0.25) is 5.69 Å². The molecule has 0 atom stereocenters. The van der Waals surface area contributed by atoms with Crippen LogP contribution in [0.4, 0.5) is 0 Å². The molecule has 0 bridgehead atoms. The minimum absolute atomic E-state index is 0.228. The van der Waals surface area contributed by atoms with Crippen LogP contribution in [0.5, 0.6) is 0 Å². The molecule has 29 heavy (non-hydrogen) atoms. The van der Waals surface area contributed by atoms with E-state index in [1.165, 1.54) is 0 Å². The average Bonchev–Trinajstić information content (AvgIpc) is 2.95. The molecule has 4 nitrogen and oxygen atoms in total. The molecule has 1 aromatic heterocycles. The summed E-state index contributed by atoms with van der Waals surface area (Å²) in [6.07, 6.45) is 0. The molecule has 0 aliphatic carbocycles. The van der Waals surface area contributed by atoms with Crippen molar-refractivity contribution in [2.24, 2.45) is 0 Å². The molecule has 0 amide bonds.